The van der Waals surface area contributed by atoms with Crippen LogP contribution in [0.2, 0.25) is 0 Å². The van der Waals surface area contributed by atoms with E-state index in [-0.39, 0.29) is 29.4 Å². The van der Waals surface area contributed by atoms with E-state index in [1.54, 1.807) is 12.1 Å². The number of rotatable bonds is 5. The van der Waals surface area contributed by atoms with Crippen LogP contribution in [0.15, 0.2) is 18.2 Å². The van der Waals surface area contributed by atoms with Gasteiger partial charge in [-0.25, -0.2) is 0 Å². The van der Waals surface area contributed by atoms with Gasteiger partial charge in [0.2, 0.25) is 5.91 Å². The van der Waals surface area contributed by atoms with Gasteiger partial charge in [0.1, 0.15) is 11.5 Å². The van der Waals surface area contributed by atoms with E-state index in [1.807, 2.05) is 20.8 Å². The maximum atomic E-state index is 11.5. The largest absolute Gasteiger partial charge is 0.508 e. The summed E-state index contributed by atoms with van der Waals surface area (Å²) in [5.41, 5.74) is 0.755. The van der Waals surface area contributed by atoms with Gasteiger partial charge in [-0.05, 0) is 37.8 Å². The number of carbonyl (C=O) groups excluding carboxylic acids is 1. The van der Waals surface area contributed by atoms with E-state index in [1.165, 1.54) is 6.07 Å². The number of nitrogens with one attached hydrogen (secondary N) is 1. The maximum absolute atomic E-state index is 11.5. The first-order chi connectivity index (χ1) is 8.40. The van der Waals surface area contributed by atoms with Crippen molar-refractivity contribution in [3.63, 3.8) is 0 Å². The molecule has 3 N–H and O–H groups in total. The molecule has 0 radical (unpaired) electrons. The SMILES string of the molecule is CC(C)NC(=O)CCC(C)c1ccc(O)cc1O. The monoisotopic (exact) mass is 251 g/mol. The Kier molecular flexibility index (Phi) is 5.01. The zero-order valence-corrected chi connectivity index (χ0v) is 11.1. The predicted octanol–water partition coefficient (Wildman–Crippen LogP) is 2.51. The third kappa shape index (κ3) is 4.28. The number of hydrogen-bond donors (Lipinski definition) is 3. The molecule has 100 valence electrons. The third-order valence-corrected chi connectivity index (χ3v) is 2.80. The second-order valence-corrected chi connectivity index (χ2v) is 4.91. The highest BCUT2D eigenvalue weighted by molar-refractivity contribution is 5.76. The summed E-state index contributed by atoms with van der Waals surface area (Å²) < 4.78 is 0. The zero-order valence-electron chi connectivity index (χ0n) is 11.1. The van der Waals surface area contributed by atoms with Crippen molar-refractivity contribution in [1.29, 1.82) is 0 Å². The molecule has 4 heteroatoms. The van der Waals surface area contributed by atoms with Crippen LogP contribution in [0.5, 0.6) is 11.5 Å². The molecule has 0 aromatic heterocycles. The van der Waals surface area contributed by atoms with Crippen LogP contribution in [0, 0.1) is 0 Å². The van der Waals surface area contributed by atoms with Gasteiger partial charge < -0.3 is 15.5 Å². The number of hydrogen-bond acceptors (Lipinski definition) is 3. The second-order valence-electron chi connectivity index (χ2n) is 4.91. The summed E-state index contributed by atoms with van der Waals surface area (Å²) in [6.45, 7) is 5.80. The van der Waals surface area contributed by atoms with Crippen molar-refractivity contribution in [3.8, 4) is 11.5 Å². The van der Waals surface area contributed by atoms with E-state index in [2.05, 4.69) is 5.32 Å². The molecule has 18 heavy (non-hydrogen) atoms. The molecule has 0 aliphatic rings. The molecule has 0 bridgehead atoms. The first-order valence-electron chi connectivity index (χ1n) is 6.21. The molecule has 0 spiro atoms. The standard InChI is InChI=1S/C14H21NO3/c1-9(2)15-14(18)7-4-10(3)12-6-5-11(16)8-13(12)17/h5-6,8-10,16-17H,4,7H2,1-3H3,(H,15,18). The fraction of sp³-hybridized carbons (Fsp3) is 0.500. The number of aromatic hydroxyl groups is 2. The Morgan fingerprint density at radius 1 is 1.28 bits per heavy atom. The molecule has 1 unspecified atom stereocenters. The van der Waals surface area contributed by atoms with E-state index in [0.717, 1.165) is 5.56 Å². The Bertz CT molecular complexity index is 416. The number of phenols is 2. The number of amides is 1. The number of carbonyl (C=O) groups is 1. The van der Waals surface area contributed by atoms with Gasteiger partial charge >= 0.3 is 0 Å². The first-order valence-corrected chi connectivity index (χ1v) is 6.21. The highest BCUT2D eigenvalue weighted by Gasteiger charge is 2.13. The highest BCUT2D eigenvalue weighted by atomic mass is 16.3. The summed E-state index contributed by atoms with van der Waals surface area (Å²) in [5, 5.41) is 21.8. The molecule has 1 aromatic rings. The summed E-state index contributed by atoms with van der Waals surface area (Å²) in [7, 11) is 0. The molecule has 0 saturated heterocycles. The van der Waals surface area contributed by atoms with Crippen LogP contribution >= 0.6 is 0 Å². The van der Waals surface area contributed by atoms with Gasteiger partial charge in [-0.3, -0.25) is 4.79 Å². The number of benzene rings is 1. The second kappa shape index (κ2) is 6.28. The van der Waals surface area contributed by atoms with Crippen molar-refractivity contribution in [2.45, 2.75) is 45.6 Å². The van der Waals surface area contributed by atoms with Crippen molar-refractivity contribution in [1.82, 2.24) is 5.32 Å². The maximum Gasteiger partial charge on any atom is 0.220 e. The molecular weight excluding hydrogens is 230 g/mol. The van der Waals surface area contributed by atoms with Gasteiger partial charge in [-0.15, -0.1) is 0 Å². The lowest BCUT2D eigenvalue weighted by Gasteiger charge is -2.14. The van der Waals surface area contributed by atoms with Crippen molar-refractivity contribution < 1.29 is 15.0 Å². The molecule has 0 fully saturated rings. The topological polar surface area (TPSA) is 69.6 Å². The highest BCUT2D eigenvalue weighted by Crippen LogP contribution is 2.31. The van der Waals surface area contributed by atoms with Crippen LogP contribution in [0.3, 0.4) is 0 Å². The van der Waals surface area contributed by atoms with Crippen LogP contribution < -0.4 is 5.32 Å². The fourth-order valence-corrected chi connectivity index (χ4v) is 1.85. The lowest BCUT2D eigenvalue weighted by Crippen LogP contribution is -2.30. The fourth-order valence-electron chi connectivity index (χ4n) is 1.85. The van der Waals surface area contributed by atoms with Crippen LogP contribution in [-0.4, -0.2) is 22.2 Å². The van der Waals surface area contributed by atoms with Crippen molar-refractivity contribution in [3.05, 3.63) is 23.8 Å². The smallest absolute Gasteiger partial charge is 0.220 e. The summed E-state index contributed by atoms with van der Waals surface area (Å²) in [4.78, 5) is 11.5. The molecule has 1 aromatic carbocycles. The van der Waals surface area contributed by atoms with Gasteiger partial charge in [0, 0.05) is 18.5 Å². The van der Waals surface area contributed by atoms with Crippen LogP contribution in [0.25, 0.3) is 0 Å². The zero-order chi connectivity index (χ0) is 13.7. The average Bonchev–Trinajstić information content (AvgIpc) is 2.25. The van der Waals surface area contributed by atoms with Gasteiger partial charge in [0.05, 0.1) is 0 Å². The molecule has 1 rings (SSSR count). The van der Waals surface area contributed by atoms with Gasteiger partial charge in [-0.1, -0.05) is 13.0 Å². The Labute approximate surface area is 108 Å². The Morgan fingerprint density at radius 2 is 1.94 bits per heavy atom. The minimum Gasteiger partial charge on any atom is -0.508 e. The molecule has 0 aliphatic carbocycles. The molecular formula is C14H21NO3. The van der Waals surface area contributed by atoms with Crippen LogP contribution in [0.4, 0.5) is 0 Å². The lowest BCUT2D eigenvalue weighted by molar-refractivity contribution is -0.121. The molecule has 0 heterocycles. The first kappa shape index (κ1) is 14.4. The van der Waals surface area contributed by atoms with E-state index < -0.39 is 0 Å². The van der Waals surface area contributed by atoms with E-state index >= 15 is 0 Å². The lowest BCUT2D eigenvalue weighted by atomic mass is 9.95. The van der Waals surface area contributed by atoms with E-state index in [4.69, 9.17) is 0 Å². The summed E-state index contributed by atoms with van der Waals surface area (Å²) >= 11 is 0. The van der Waals surface area contributed by atoms with Crippen LogP contribution in [0.1, 0.15) is 45.1 Å². The van der Waals surface area contributed by atoms with Crippen LogP contribution in [-0.2, 0) is 4.79 Å². The molecule has 1 atom stereocenters. The van der Waals surface area contributed by atoms with Crippen molar-refractivity contribution in [2.75, 3.05) is 0 Å². The number of phenolic OH excluding ortho intramolecular Hbond substituents is 2. The quantitative estimate of drug-likeness (QED) is 0.753. The van der Waals surface area contributed by atoms with Gasteiger partial charge in [0.25, 0.3) is 0 Å². The Morgan fingerprint density at radius 3 is 2.50 bits per heavy atom. The summed E-state index contributed by atoms with van der Waals surface area (Å²) in [6.07, 6.45) is 1.09. The van der Waals surface area contributed by atoms with Crippen molar-refractivity contribution in [2.24, 2.45) is 0 Å². The normalized spacial score (nSPS) is 12.4. The minimum absolute atomic E-state index is 0.0233. The summed E-state index contributed by atoms with van der Waals surface area (Å²) in [5.74, 6) is 0.214. The van der Waals surface area contributed by atoms with Crippen molar-refractivity contribution >= 4 is 5.91 Å². The Hall–Kier alpha value is -1.71. The molecule has 0 aliphatic heterocycles. The van der Waals surface area contributed by atoms with Gasteiger partial charge in [-0.2, -0.15) is 0 Å². The molecule has 4 nitrogen and oxygen atoms in total. The average molecular weight is 251 g/mol. The summed E-state index contributed by atoms with van der Waals surface area (Å²) in [6, 6.07) is 4.70. The van der Waals surface area contributed by atoms with E-state index in [9.17, 15) is 15.0 Å². The Balaban J connectivity index is 2.55. The van der Waals surface area contributed by atoms with Gasteiger partial charge in [0.15, 0.2) is 0 Å². The molecule has 0 saturated carbocycles. The minimum atomic E-state index is 0.0233. The molecule has 1 amide bonds. The predicted molar refractivity (Wildman–Crippen MR) is 70.7 cm³/mol. The third-order valence-electron chi connectivity index (χ3n) is 2.80. The van der Waals surface area contributed by atoms with E-state index in [0.29, 0.717) is 12.8 Å².